The normalized spacial score (nSPS) is 14.5. The van der Waals surface area contributed by atoms with E-state index in [4.69, 9.17) is 18.5 Å². The van der Waals surface area contributed by atoms with E-state index in [-0.39, 0.29) is 25.8 Å². The van der Waals surface area contributed by atoms with Crippen LogP contribution in [0.4, 0.5) is 0 Å². The number of hydrogen-bond donors (Lipinski definition) is 0. The van der Waals surface area contributed by atoms with E-state index in [1.54, 1.807) is 0 Å². The molecule has 0 saturated heterocycles. The van der Waals surface area contributed by atoms with Gasteiger partial charge in [0.25, 0.3) is 7.82 Å². The first-order chi connectivity index (χ1) is 24.6. The summed E-state index contributed by atoms with van der Waals surface area (Å²) < 4.78 is 34.4. The Bertz CT molecular complexity index is 1000. The van der Waals surface area contributed by atoms with Gasteiger partial charge < -0.3 is 27.9 Å². The third-order valence-electron chi connectivity index (χ3n) is 8.08. The zero-order valence-corrected chi connectivity index (χ0v) is 34.2. The summed E-state index contributed by atoms with van der Waals surface area (Å²) in [5.41, 5.74) is 0. The van der Waals surface area contributed by atoms with Gasteiger partial charge in [0.15, 0.2) is 0 Å². The Morgan fingerprint density at radius 3 is 1.67 bits per heavy atom. The highest BCUT2D eigenvalue weighted by atomic mass is 31.2. The van der Waals surface area contributed by atoms with Crippen molar-refractivity contribution in [3.05, 3.63) is 60.8 Å². The van der Waals surface area contributed by atoms with Crippen LogP contribution in [0.5, 0.6) is 0 Å². The van der Waals surface area contributed by atoms with E-state index >= 15 is 0 Å². The number of unbranched alkanes of at least 4 members (excludes halogenated alkanes) is 12. The molecule has 0 aromatic heterocycles. The third-order valence-corrected chi connectivity index (χ3v) is 9.05. The second-order valence-corrected chi connectivity index (χ2v) is 15.7. The number of nitrogens with zero attached hydrogens (tertiary/aromatic N) is 1. The van der Waals surface area contributed by atoms with Crippen molar-refractivity contribution >= 4 is 13.8 Å². The van der Waals surface area contributed by atoms with Crippen LogP contribution >= 0.6 is 7.82 Å². The Kier molecular flexibility index (Phi) is 34.0. The van der Waals surface area contributed by atoms with Crippen molar-refractivity contribution in [2.24, 2.45) is 0 Å². The predicted octanol–water partition coefficient (Wildman–Crippen LogP) is 10.7. The van der Waals surface area contributed by atoms with Crippen LogP contribution in [0, 0.1) is 0 Å². The quantitative estimate of drug-likeness (QED) is 0.0208. The Hall–Kier alpha value is -1.80. The smallest absolute Gasteiger partial charge is 0.306 e. The molecule has 8 nitrogen and oxygen atoms in total. The van der Waals surface area contributed by atoms with E-state index in [0.29, 0.717) is 24.1 Å². The molecule has 0 aliphatic heterocycles. The number of carbonyl (C=O) groups excluding carboxylic acids is 1. The second-order valence-electron chi connectivity index (χ2n) is 14.3. The SMILES string of the molecule is CC/C=C\C/C=C\C/C=C\C/C=C\C/C=C\CCCCOCC(COP(=O)([O-])OCC[N+](C)(C)C)OC(=O)CCCCCCCCCCCCC. The minimum absolute atomic E-state index is 0.0159. The summed E-state index contributed by atoms with van der Waals surface area (Å²) in [6, 6.07) is 0. The predicted molar refractivity (Wildman–Crippen MR) is 212 cm³/mol. The van der Waals surface area contributed by atoms with Gasteiger partial charge in [-0.25, -0.2) is 0 Å². The first-order valence-electron chi connectivity index (χ1n) is 20.0. The summed E-state index contributed by atoms with van der Waals surface area (Å²) >= 11 is 0. The summed E-state index contributed by atoms with van der Waals surface area (Å²) in [6.45, 7) is 5.16. The van der Waals surface area contributed by atoms with E-state index in [1.165, 1.54) is 51.4 Å². The minimum Gasteiger partial charge on any atom is -0.756 e. The molecular weight excluding hydrogens is 661 g/mol. The molecule has 0 aliphatic carbocycles. The zero-order valence-electron chi connectivity index (χ0n) is 33.3. The highest BCUT2D eigenvalue weighted by Gasteiger charge is 2.20. The lowest BCUT2D eigenvalue weighted by atomic mass is 10.1. The van der Waals surface area contributed by atoms with Gasteiger partial charge in [-0.05, 0) is 57.8 Å². The van der Waals surface area contributed by atoms with E-state index < -0.39 is 13.9 Å². The van der Waals surface area contributed by atoms with Crippen LogP contribution in [0.3, 0.4) is 0 Å². The van der Waals surface area contributed by atoms with E-state index in [1.807, 2.05) is 21.1 Å². The van der Waals surface area contributed by atoms with Crippen molar-refractivity contribution in [1.29, 1.82) is 0 Å². The number of ether oxygens (including phenoxy) is 2. The number of rotatable bonds is 36. The van der Waals surface area contributed by atoms with Crippen LogP contribution in [0.25, 0.3) is 0 Å². The molecule has 0 N–H and O–H groups in total. The molecule has 296 valence electrons. The first kappa shape index (κ1) is 49.2. The van der Waals surface area contributed by atoms with Gasteiger partial charge in [0, 0.05) is 13.0 Å². The van der Waals surface area contributed by atoms with Crippen molar-refractivity contribution in [1.82, 2.24) is 0 Å². The number of allylic oxidation sites excluding steroid dienone is 10. The number of phosphoric ester groups is 1. The summed E-state index contributed by atoms with van der Waals surface area (Å²) in [7, 11) is 1.32. The molecular formula is C42H76NO7P. The maximum absolute atomic E-state index is 12.6. The van der Waals surface area contributed by atoms with Crippen molar-refractivity contribution in [3.8, 4) is 0 Å². The van der Waals surface area contributed by atoms with Gasteiger partial charge in [0.1, 0.15) is 19.3 Å². The van der Waals surface area contributed by atoms with Gasteiger partial charge in [0.05, 0.1) is 34.4 Å². The molecule has 0 aliphatic rings. The van der Waals surface area contributed by atoms with E-state index in [0.717, 1.165) is 70.6 Å². The van der Waals surface area contributed by atoms with Crippen molar-refractivity contribution in [2.75, 3.05) is 54.1 Å². The van der Waals surface area contributed by atoms with Crippen molar-refractivity contribution < 1.29 is 37.3 Å². The largest absolute Gasteiger partial charge is 0.756 e. The highest BCUT2D eigenvalue weighted by molar-refractivity contribution is 7.45. The van der Waals surface area contributed by atoms with Crippen LogP contribution in [0.15, 0.2) is 60.8 Å². The fourth-order valence-corrected chi connectivity index (χ4v) is 5.71. The number of likely N-dealkylation sites (N-methyl/N-ethyl adjacent to an activating group) is 1. The summed E-state index contributed by atoms with van der Waals surface area (Å²) in [4.78, 5) is 24.9. The second kappa shape index (κ2) is 35.2. The Morgan fingerprint density at radius 1 is 0.627 bits per heavy atom. The topological polar surface area (TPSA) is 94.1 Å². The van der Waals surface area contributed by atoms with E-state index in [2.05, 4.69) is 74.6 Å². The van der Waals surface area contributed by atoms with Crippen molar-refractivity contribution in [2.45, 2.75) is 148 Å². The molecule has 51 heavy (non-hydrogen) atoms. The fraction of sp³-hybridized carbons (Fsp3) is 0.738. The molecule has 0 saturated carbocycles. The van der Waals surface area contributed by atoms with Crippen molar-refractivity contribution in [3.63, 3.8) is 0 Å². The van der Waals surface area contributed by atoms with Gasteiger partial charge in [-0.1, -0.05) is 139 Å². The molecule has 0 radical (unpaired) electrons. The maximum Gasteiger partial charge on any atom is 0.306 e. The molecule has 9 heteroatoms. The molecule has 0 rings (SSSR count). The van der Waals surface area contributed by atoms with Crippen LogP contribution in [-0.4, -0.2) is 70.7 Å². The molecule has 0 bridgehead atoms. The Morgan fingerprint density at radius 2 is 1.14 bits per heavy atom. The molecule has 0 fully saturated rings. The van der Waals surface area contributed by atoms with Gasteiger partial charge in [-0.3, -0.25) is 9.36 Å². The standard InChI is InChI=1S/C42H76NO7P/c1-6-8-10-12-14-16-18-19-20-21-22-23-24-26-28-30-32-34-37-47-39-41(40-49-51(45,46)48-38-36-43(3,4)5)50-42(44)35-33-31-29-27-25-17-15-13-11-9-7-2/h8,10,14,16,19-20,22-23,26,28,41H,6-7,9,11-13,15,17-18,21,24-25,27,29-40H2,1-5H3/b10-8-,16-14-,20-19-,23-22-,28-26-. The lowest BCUT2D eigenvalue weighted by Gasteiger charge is -2.28. The number of esters is 1. The zero-order chi connectivity index (χ0) is 37.7. The molecule has 0 spiro atoms. The fourth-order valence-electron chi connectivity index (χ4n) is 4.98. The number of quaternary nitrogens is 1. The van der Waals surface area contributed by atoms with Gasteiger partial charge >= 0.3 is 5.97 Å². The number of hydrogen-bond acceptors (Lipinski definition) is 7. The van der Waals surface area contributed by atoms with Crippen LogP contribution in [0.1, 0.15) is 142 Å². The molecule has 0 amide bonds. The lowest BCUT2D eigenvalue weighted by molar-refractivity contribution is -0.870. The average Bonchev–Trinajstić information content (AvgIpc) is 3.08. The third kappa shape index (κ3) is 39.2. The van der Waals surface area contributed by atoms with Gasteiger partial charge in [-0.15, -0.1) is 0 Å². The number of carbonyl (C=O) groups is 1. The lowest BCUT2D eigenvalue weighted by Crippen LogP contribution is -2.37. The summed E-state index contributed by atoms with van der Waals surface area (Å²) in [6.07, 6.45) is 42.4. The van der Waals surface area contributed by atoms with Crippen LogP contribution in [-0.2, 0) is 27.9 Å². The molecule has 2 atom stereocenters. The minimum atomic E-state index is -4.53. The molecule has 0 heterocycles. The van der Waals surface area contributed by atoms with Crippen LogP contribution in [0.2, 0.25) is 0 Å². The molecule has 0 aromatic rings. The van der Waals surface area contributed by atoms with Gasteiger partial charge in [-0.2, -0.15) is 0 Å². The van der Waals surface area contributed by atoms with E-state index in [9.17, 15) is 14.3 Å². The monoisotopic (exact) mass is 738 g/mol. The number of phosphoric acid groups is 1. The summed E-state index contributed by atoms with van der Waals surface area (Å²) in [5, 5.41) is 0. The summed E-state index contributed by atoms with van der Waals surface area (Å²) in [5.74, 6) is -0.354. The highest BCUT2D eigenvalue weighted by Crippen LogP contribution is 2.38. The Labute approximate surface area is 313 Å². The van der Waals surface area contributed by atoms with Gasteiger partial charge in [0.2, 0.25) is 0 Å². The molecule has 0 aromatic carbocycles. The first-order valence-corrected chi connectivity index (χ1v) is 21.5. The van der Waals surface area contributed by atoms with Crippen LogP contribution < -0.4 is 4.89 Å². The average molecular weight is 738 g/mol. The Balaban J connectivity index is 4.36. The molecule has 2 unspecified atom stereocenters. The maximum atomic E-state index is 12.6.